The standard InChI is InChI=1S/C13H17NO2/c1-3-11(10-14-13(15)4-2)16-12-8-6-5-7-9-12/h4-9,11H,2-3,10H2,1H3,(H,14,15). The molecule has 86 valence electrons. The lowest BCUT2D eigenvalue weighted by atomic mass is 10.2. The number of benzene rings is 1. The number of para-hydroxylation sites is 1. The minimum absolute atomic E-state index is 0.00806. The van der Waals surface area contributed by atoms with Gasteiger partial charge in [0.05, 0.1) is 6.54 Å². The summed E-state index contributed by atoms with van der Waals surface area (Å²) in [7, 11) is 0. The van der Waals surface area contributed by atoms with Gasteiger partial charge in [0.1, 0.15) is 11.9 Å². The monoisotopic (exact) mass is 219 g/mol. The minimum Gasteiger partial charge on any atom is -0.489 e. The molecule has 16 heavy (non-hydrogen) atoms. The van der Waals surface area contributed by atoms with E-state index in [0.29, 0.717) is 6.54 Å². The van der Waals surface area contributed by atoms with Gasteiger partial charge in [-0.25, -0.2) is 0 Å². The molecule has 0 saturated heterocycles. The van der Waals surface area contributed by atoms with Crippen LogP contribution in [-0.2, 0) is 4.79 Å². The summed E-state index contributed by atoms with van der Waals surface area (Å²) < 4.78 is 5.71. The van der Waals surface area contributed by atoms with Crippen LogP contribution in [0.3, 0.4) is 0 Å². The lowest BCUT2D eigenvalue weighted by Gasteiger charge is -2.17. The maximum Gasteiger partial charge on any atom is 0.243 e. The average Bonchev–Trinajstić information content (AvgIpc) is 2.35. The van der Waals surface area contributed by atoms with Gasteiger partial charge >= 0.3 is 0 Å². The molecule has 1 aromatic rings. The van der Waals surface area contributed by atoms with Crippen LogP contribution in [0.5, 0.6) is 5.75 Å². The predicted octanol–water partition coefficient (Wildman–Crippen LogP) is 2.15. The molecule has 1 unspecified atom stereocenters. The van der Waals surface area contributed by atoms with Crippen molar-refractivity contribution in [2.45, 2.75) is 19.4 Å². The van der Waals surface area contributed by atoms with Crippen LogP contribution in [0, 0.1) is 0 Å². The van der Waals surface area contributed by atoms with Crippen LogP contribution in [0.15, 0.2) is 43.0 Å². The molecule has 1 aromatic carbocycles. The highest BCUT2D eigenvalue weighted by molar-refractivity contribution is 5.86. The van der Waals surface area contributed by atoms with Crippen LogP contribution in [0.1, 0.15) is 13.3 Å². The number of hydrogen-bond acceptors (Lipinski definition) is 2. The van der Waals surface area contributed by atoms with Gasteiger partial charge in [-0.3, -0.25) is 4.79 Å². The lowest BCUT2D eigenvalue weighted by Crippen LogP contribution is -2.33. The number of carbonyl (C=O) groups is 1. The van der Waals surface area contributed by atoms with Crippen molar-refractivity contribution in [2.24, 2.45) is 0 Å². The maximum absolute atomic E-state index is 11.0. The first-order valence-corrected chi connectivity index (χ1v) is 5.38. The lowest BCUT2D eigenvalue weighted by molar-refractivity contribution is -0.116. The molecule has 0 aliphatic carbocycles. The van der Waals surface area contributed by atoms with Crippen LogP contribution < -0.4 is 10.1 Å². The molecule has 1 N–H and O–H groups in total. The Labute approximate surface area is 96.1 Å². The van der Waals surface area contributed by atoms with E-state index in [1.807, 2.05) is 37.3 Å². The molecule has 3 heteroatoms. The fourth-order valence-electron chi connectivity index (χ4n) is 1.25. The van der Waals surface area contributed by atoms with E-state index in [-0.39, 0.29) is 12.0 Å². The third-order valence-electron chi connectivity index (χ3n) is 2.19. The zero-order chi connectivity index (χ0) is 11.8. The van der Waals surface area contributed by atoms with Gasteiger partial charge in [-0.05, 0) is 24.6 Å². The number of amides is 1. The molecule has 0 spiro atoms. The van der Waals surface area contributed by atoms with Crippen LogP contribution in [0.4, 0.5) is 0 Å². The average molecular weight is 219 g/mol. The summed E-state index contributed by atoms with van der Waals surface area (Å²) in [5.74, 6) is 0.650. The van der Waals surface area contributed by atoms with Gasteiger partial charge in [-0.1, -0.05) is 31.7 Å². The van der Waals surface area contributed by atoms with Crippen LogP contribution in [-0.4, -0.2) is 18.6 Å². The number of rotatable bonds is 6. The highest BCUT2D eigenvalue weighted by atomic mass is 16.5. The molecule has 1 atom stereocenters. The molecule has 3 nitrogen and oxygen atoms in total. The molecular formula is C13H17NO2. The summed E-state index contributed by atoms with van der Waals surface area (Å²) in [6.45, 7) is 5.91. The Morgan fingerprint density at radius 1 is 1.50 bits per heavy atom. The molecule has 0 aliphatic rings. The van der Waals surface area contributed by atoms with Crippen molar-refractivity contribution in [3.63, 3.8) is 0 Å². The topological polar surface area (TPSA) is 38.3 Å². The van der Waals surface area contributed by atoms with Crippen molar-refractivity contribution in [3.8, 4) is 5.75 Å². The summed E-state index contributed by atoms with van der Waals surface area (Å²) in [4.78, 5) is 11.0. The Morgan fingerprint density at radius 2 is 2.19 bits per heavy atom. The molecule has 0 radical (unpaired) electrons. The van der Waals surface area contributed by atoms with Crippen LogP contribution in [0.2, 0.25) is 0 Å². The molecule has 0 heterocycles. The Hall–Kier alpha value is -1.77. The largest absolute Gasteiger partial charge is 0.489 e. The number of nitrogens with one attached hydrogen (secondary N) is 1. The first-order valence-electron chi connectivity index (χ1n) is 5.38. The molecule has 1 rings (SSSR count). The molecule has 0 aromatic heterocycles. The van der Waals surface area contributed by atoms with Gasteiger partial charge in [0.2, 0.25) is 5.91 Å². The minimum atomic E-state index is -0.171. The second-order valence-corrected chi connectivity index (χ2v) is 3.41. The molecule has 0 fully saturated rings. The normalized spacial score (nSPS) is 11.6. The Kier molecular flexibility index (Phi) is 5.12. The zero-order valence-electron chi connectivity index (χ0n) is 9.48. The third kappa shape index (κ3) is 4.17. The summed E-state index contributed by atoms with van der Waals surface area (Å²) in [5, 5.41) is 2.72. The molecule has 0 bridgehead atoms. The second kappa shape index (κ2) is 6.67. The SMILES string of the molecule is C=CC(=O)NCC(CC)Oc1ccccc1. The number of ether oxygens (including phenoxy) is 1. The smallest absolute Gasteiger partial charge is 0.243 e. The first kappa shape index (κ1) is 12.3. The van der Waals surface area contributed by atoms with E-state index < -0.39 is 0 Å². The van der Waals surface area contributed by atoms with Gasteiger partial charge in [0.15, 0.2) is 0 Å². The van der Waals surface area contributed by atoms with Gasteiger partial charge in [-0.2, -0.15) is 0 Å². The van der Waals surface area contributed by atoms with Crippen molar-refractivity contribution >= 4 is 5.91 Å². The summed E-state index contributed by atoms with van der Waals surface area (Å²) in [6, 6.07) is 9.58. The van der Waals surface area contributed by atoms with Gasteiger partial charge in [0, 0.05) is 0 Å². The van der Waals surface area contributed by atoms with Crippen molar-refractivity contribution < 1.29 is 9.53 Å². The van der Waals surface area contributed by atoms with Gasteiger partial charge in [-0.15, -0.1) is 0 Å². The third-order valence-corrected chi connectivity index (χ3v) is 2.19. The van der Waals surface area contributed by atoms with E-state index in [4.69, 9.17) is 4.74 Å². The van der Waals surface area contributed by atoms with Crippen molar-refractivity contribution in [3.05, 3.63) is 43.0 Å². The maximum atomic E-state index is 11.0. The highest BCUT2D eigenvalue weighted by Gasteiger charge is 2.08. The van der Waals surface area contributed by atoms with Gasteiger partial charge in [0.25, 0.3) is 0 Å². The second-order valence-electron chi connectivity index (χ2n) is 3.41. The Morgan fingerprint density at radius 3 is 2.75 bits per heavy atom. The van der Waals surface area contributed by atoms with E-state index in [9.17, 15) is 4.79 Å². The van der Waals surface area contributed by atoms with E-state index in [2.05, 4.69) is 11.9 Å². The number of hydrogen-bond donors (Lipinski definition) is 1. The summed E-state index contributed by atoms with van der Waals surface area (Å²) in [5.41, 5.74) is 0. The summed E-state index contributed by atoms with van der Waals surface area (Å²) >= 11 is 0. The fourth-order valence-corrected chi connectivity index (χ4v) is 1.25. The van der Waals surface area contributed by atoms with E-state index >= 15 is 0 Å². The molecule has 0 aliphatic heterocycles. The first-order chi connectivity index (χ1) is 7.76. The molecule has 0 saturated carbocycles. The number of carbonyl (C=O) groups excluding carboxylic acids is 1. The van der Waals surface area contributed by atoms with Crippen molar-refractivity contribution in [1.29, 1.82) is 0 Å². The van der Waals surface area contributed by atoms with Crippen molar-refractivity contribution in [1.82, 2.24) is 5.32 Å². The Bertz CT molecular complexity index is 335. The van der Waals surface area contributed by atoms with Crippen LogP contribution in [0.25, 0.3) is 0 Å². The van der Waals surface area contributed by atoms with Crippen LogP contribution >= 0.6 is 0 Å². The fraction of sp³-hybridized carbons (Fsp3) is 0.308. The van der Waals surface area contributed by atoms with E-state index in [1.165, 1.54) is 6.08 Å². The Balaban J connectivity index is 2.43. The van der Waals surface area contributed by atoms with E-state index in [0.717, 1.165) is 12.2 Å². The highest BCUT2D eigenvalue weighted by Crippen LogP contribution is 2.11. The molecule has 1 amide bonds. The predicted molar refractivity (Wildman–Crippen MR) is 64.4 cm³/mol. The molecular weight excluding hydrogens is 202 g/mol. The van der Waals surface area contributed by atoms with Crippen molar-refractivity contribution in [2.75, 3.05) is 6.54 Å². The van der Waals surface area contributed by atoms with E-state index in [1.54, 1.807) is 0 Å². The summed E-state index contributed by atoms with van der Waals surface area (Å²) in [6.07, 6.45) is 2.09. The van der Waals surface area contributed by atoms with Gasteiger partial charge < -0.3 is 10.1 Å². The quantitative estimate of drug-likeness (QED) is 0.744. The zero-order valence-corrected chi connectivity index (χ0v) is 9.48.